The number of ketones is 1. The van der Waals surface area contributed by atoms with E-state index >= 15 is 0 Å². The number of carbonyl (C=O) groups is 2. The molecular formula is C11H12O3. The molecule has 74 valence electrons. The van der Waals surface area contributed by atoms with Crippen molar-refractivity contribution in [3.63, 3.8) is 0 Å². The van der Waals surface area contributed by atoms with Crippen molar-refractivity contribution in [1.29, 1.82) is 0 Å². The molecule has 3 nitrogen and oxygen atoms in total. The van der Waals surface area contributed by atoms with Crippen LogP contribution >= 0.6 is 0 Å². The van der Waals surface area contributed by atoms with Gasteiger partial charge in [0.15, 0.2) is 5.78 Å². The van der Waals surface area contributed by atoms with Gasteiger partial charge in [0.25, 0.3) is 0 Å². The van der Waals surface area contributed by atoms with E-state index in [-0.39, 0.29) is 5.78 Å². The zero-order valence-corrected chi connectivity index (χ0v) is 8.46. The van der Waals surface area contributed by atoms with Crippen LogP contribution in [-0.4, -0.2) is 18.9 Å². The normalized spacial score (nSPS) is 9.64. The third kappa shape index (κ3) is 1.99. The van der Waals surface area contributed by atoms with Crippen molar-refractivity contribution in [3.05, 3.63) is 34.9 Å². The van der Waals surface area contributed by atoms with Gasteiger partial charge >= 0.3 is 5.97 Å². The lowest BCUT2D eigenvalue weighted by atomic mass is 10.0. The number of benzene rings is 1. The minimum atomic E-state index is -0.411. The number of carbonyl (C=O) groups excluding carboxylic acids is 2. The molecule has 1 rings (SSSR count). The van der Waals surface area contributed by atoms with Crippen molar-refractivity contribution in [2.24, 2.45) is 0 Å². The fourth-order valence-electron chi connectivity index (χ4n) is 1.17. The molecule has 0 aliphatic rings. The number of aryl methyl sites for hydroxylation is 1. The summed E-state index contributed by atoms with van der Waals surface area (Å²) in [5.74, 6) is -0.472. The molecule has 0 saturated carbocycles. The summed E-state index contributed by atoms with van der Waals surface area (Å²) in [5, 5.41) is 0. The topological polar surface area (TPSA) is 43.4 Å². The number of hydrogen-bond acceptors (Lipinski definition) is 3. The Morgan fingerprint density at radius 3 is 2.43 bits per heavy atom. The molecule has 3 heteroatoms. The van der Waals surface area contributed by atoms with Gasteiger partial charge in [-0.25, -0.2) is 4.79 Å². The van der Waals surface area contributed by atoms with E-state index in [1.165, 1.54) is 14.0 Å². The van der Waals surface area contributed by atoms with E-state index in [0.29, 0.717) is 11.1 Å². The van der Waals surface area contributed by atoms with Crippen LogP contribution in [-0.2, 0) is 4.74 Å². The highest BCUT2D eigenvalue weighted by molar-refractivity contribution is 5.98. The SMILES string of the molecule is COC(=O)c1cc(C(C)=O)ccc1C. The van der Waals surface area contributed by atoms with E-state index in [2.05, 4.69) is 4.74 Å². The van der Waals surface area contributed by atoms with Crippen molar-refractivity contribution < 1.29 is 14.3 Å². The predicted molar refractivity (Wildman–Crippen MR) is 52.5 cm³/mol. The highest BCUT2D eigenvalue weighted by Gasteiger charge is 2.11. The Balaban J connectivity index is 3.21. The molecule has 0 unspecified atom stereocenters. The van der Waals surface area contributed by atoms with Crippen molar-refractivity contribution in [2.45, 2.75) is 13.8 Å². The van der Waals surface area contributed by atoms with Gasteiger partial charge in [-0.1, -0.05) is 12.1 Å². The van der Waals surface area contributed by atoms with Gasteiger partial charge in [-0.2, -0.15) is 0 Å². The molecule has 0 heterocycles. The zero-order valence-electron chi connectivity index (χ0n) is 8.46. The number of esters is 1. The summed E-state index contributed by atoms with van der Waals surface area (Å²) in [6.07, 6.45) is 0. The van der Waals surface area contributed by atoms with Gasteiger partial charge in [-0.05, 0) is 25.5 Å². The lowest BCUT2D eigenvalue weighted by Gasteiger charge is -2.04. The summed E-state index contributed by atoms with van der Waals surface area (Å²) in [7, 11) is 1.32. The van der Waals surface area contributed by atoms with E-state index in [9.17, 15) is 9.59 Å². The average Bonchev–Trinajstić information content (AvgIpc) is 2.17. The van der Waals surface area contributed by atoms with Crippen LogP contribution in [0.5, 0.6) is 0 Å². The Morgan fingerprint density at radius 2 is 1.93 bits per heavy atom. The number of ether oxygens (including phenoxy) is 1. The van der Waals surface area contributed by atoms with Crippen LogP contribution in [0.4, 0.5) is 0 Å². The second-order valence-electron chi connectivity index (χ2n) is 3.08. The molecule has 0 aliphatic carbocycles. The highest BCUT2D eigenvalue weighted by atomic mass is 16.5. The quantitative estimate of drug-likeness (QED) is 0.531. The number of hydrogen-bond donors (Lipinski definition) is 0. The summed E-state index contributed by atoms with van der Waals surface area (Å²) in [6, 6.07) is 5.00. The van der Waals surface area contributed by atoms with Crippen LogP contribution in [0, 0.1) is 6.92 Å². The summed E-state index contributed by atoms with van der Waals surface area (Å²) in [5.41, 5.74) is 1.78. The molecule has 0 radical (unpaired) electrons. The monoisotopic (exact) mass is 192 g/mol. The second-order valence-corrected chi connectivity index (χ2v) is 3.08. The Bertz CT molecular complexity index is 380. The van der Waals surface area contributed by atoms with Crippen molar-refractivity contribution in [1.82, 2.24) is 0 Å². The van der Waals surface area contributed by atoms with Crippen LogP contribution in [0.1, 0.15) is 33.2 Å². The van der Waals surface area contributed by atoms with E-state index < -0.39 is 5.97 Å². The molecule has 0 amide bonds. The molecule has 0 spiro atoms. The Morgan fingerprint density at radius 1 is 1.29 bits per heavy atom. The fourth-order valence-corrected chi connectivity index (χ4v) is 1.17. The third-order valence-electron chi connectivity index (χ3n) is 2.05. The second kappa shape index (κ2) is 4.05. The van der Waals surface area contributed by atoms with E-state index in [1.807, 2.05) is 0 Å². The molecule has 1 aromatic carbocycles. The molecular weight excluding hydrogens is 180 g/mol. The van der Waals surface area contributed by atoms with Crippen molar-refractivity contribution in [3.8, 4) is 0 Å². The van der Waals surface area contributed by atoms with E-state index in [4.69, 9.17) is 0 Å². The Kier molecular flexibility index (Phi) is 3.02. The summed E-state index contributed by atoms with van der Waals surface area (Å²) >= 11 is 0. The van der Waals surface area contributed by atoms with Gasteiger partial charge in [0, 0.05) is 5.56 Å². The van der Waals surface area contributed by atoms with E-state index in [1.54, 1.807) is 25.1 Å². The largest absolute Gasteiger partial charge is 0.465 e. The molecule has 0 aliphatic heterocycles. The maximum Gasteiger partial charge on any atom is 0.338 e. The van der Waals surface area contributed by atoms with Crippen LogP contribution < -0.4 is 0 Å². The molecule has 0 N–H and O–H groups in total. The molecule has 0 saturated heterocycles. The first-order valence-electron chi connectivity index (χ1n) is 4.26. The number of methoxy groups -OCH3 is 1. The predicted octanol–water partition coefficient (Wildman–Crippen LogP) is 1.98. The molecule has 1 aromatic rings. The maximum absolute atomic E-state index is 11.3. The number of Topliss-reactive ketones (excluding diaryl/α,β-unsaturated/α-hetero) is 1. The molecule has 0 fully saturated rings. The van der Waals surface area contributed by atoms with Gasteiger partial charge in [0.05, 0.1) is 12.7 Å². The zero-order chi connectivity index (χ0) is 10.7. The fraction of sp³-hybridized carbons (Fsp3) is 0.273. The molecule has 0 aromatic heterocycles. The molecule has 14 heavy (non-hydrogen) atoms. The van der Waals surface area contributed by atoms with Gasteiger partial charge in [0.2, 0.25) is 0 Å². The molecule has 0 bridgehead atoms. The van der Waals surface area contributed by atoms with E-state index in [0.717, 1.165) is 5.56 Å². The van der Waals surface area contributed by atoms with Gasteiger partial charge in [-0.15, -0.1) is 0 Å². The average molecular weight is 192 g/mol. The van der Waals surface area contributed by atoms with Crippen molar-refractivity contribution >= 4 is 11.8 Å². The highest BCUT2D eigenvalue weighted by Crippen LogP contribution is 2.12. The van der Waals surface area contributed by atoms with Crippen molar-refractivity contribution in [2.75, 3.05) is 7.11 Å². The standard InChI is InChI=1S/C11H12O3/c1-7-4-5-9(8(2)12)6-10(7)11(13)14-3/h4-6H,1-3H3. The van der Waals surface area contributed by atoms with Gasteiger partial charge < -0.3 is 4.74 Å². The lowest BCUT2D eigenvalue weighted by Crippen LogP contribution is -2.05. The van der Waals surface area contributed by atoms with Crippen LogP contribution in [0.2, 0.25) is 0 Å². The minimum absolute atomic E-state index is 0.0600. The molecule has 0 atom stereocenters. The first-order chi connectivity index (χ1) is 6.56. The lowest BCUT2D eigenvalue weighted by molar-refractivity contribution is 0.0600. The first kappa shape index (κ1) is 10.4. The van der Waals surface area contributed by atoms with Gasteiger partial charge in [-0.3, -0.25) is 4.79 Å². The minimum Gasteiger partial charge on any atom is -0.465 e. The van der Waals surface area contributed by atoms with Crippen LogP contribution in [0.25, 0.3) is 0 Å². The number of rotatable bonds is 2. The van der Waals surface area contributed by atoms with Gasteiger partial charge in [0.1, 0.15) is 0 Å². The maximum atomic E-state index is 11.3. The Labute approximate surface area is 82.7 Å². The first-order valence-corrected chi connectivity index (χ1v) is 4.26. The summed E-state index contributed by atoms with van der Waals surface area (Å²) in [6.45, 7) is 3.27. The smallest absolute Gasteiger partial charge is 0.338 e. The van der Waals surface area contributed by atoms with Crippen LogP contribution in [0.3, 0.4) is 0 Å². The summed E-state index contributed by atoms with van der Waals surface area (Å²) in [4.78, 5) is 22.3. The third-order valence-corrected chi connectivity index (χ3v) is 2.05. The van der Waals surface area contributed by atoms with Crippen LogP contribution in [0.15, 0.2) is 18.2 Å². The Hall–Kier alpha value is -1.64. The summed E-state index contributed by atoms with van der Waals surface area (Å²) < 4.78 is 4.60.